The molecule has 0 aromatic carbocycles. The minimum absolute atomic E-state index is 0.159. The molecule has 0 aromatic heterocycles. The van der Waals surface area contributed by atoms with Gasteiger partial charge in [0.25, 0.3) is 0 Å². The quantitative estimate of drug-likeness (QED) is 0.631. The lowest BCUT2D eigenvalue weighted by molar-refractivity contribution is -0.203. The summed E-state index contributed by atoms with van der Waals surface area (Å²) >= 11 is 0. The van der Waals surface area contributed by atoms with Crippen LogP contribution in [0.3, 0.4) is 0 Å². The van der Waals surface area contributed by atoms with Crippen LogP contribution in [0.4, 0.5) is 0 Å². The molecule has 0 heterocycles. The Balaban J connectivity index is 1.66. The molecule has 0 saturated heterocycles. The van der Waals surface area contributed by atoms with Gasteiger partial charge in [0.15, 0.2) is 0 Å². The summed E-state index contributed by atoms with van der Waals surface area (Å²) < 4.78 is 0. The zero-order chi connectivity index (χ0) is 21.1. The van der Waals surface area contributed by atoms with Crippen LogP contribution in [-0.2, 0) is 4.79 Å². The van der Waals surface area contributed by atoms with Gasteiger partial charge in [-0.2, -0.15) is 0 Å². The van der Waals surface area contributed by atoms with Crippen LogP contribution in [0.2, 0.25) is 0 Å². The van der Waals surface area contributed by atoms with Gasteiger partial charge in [0.05, 0.1) is 12.2 Å². The fraction of sp³-hybridized carbons (Fsp3) is 0.960. The van der Waals surface area contributed by atoms with E-state index in [1.54, 1.807) is 0 Å². The number of aliphatic hydroxyl groups excluding tert-OH is 2. The third-order valence-corrected chi connectivity index (χ3v) is 10.6. The van der Waals surface area contributed by atoms with Crippen molar-refractivity contribution in [2.75, 3.05) is 0 Å². The highest BCUT2D eigenvalue weighted by atomic mass is 16.4. The van der Waals surface area contributed by atoms with E-state index in [-0.39, 0.29) is 41.3 Å². The zero-order valence-corrected chi connectivity index (χ0v) is 18.8. The van der Waals surface area contributed by atoms with E-state index in [1.165, 1.54) is 6.42 Å². The van der Waals surface area contributed by atoms with Crippen molar-refractivity contribution >= 4 is 5.97 Å². The maximum atomic E-state index is 11.7. The Labute approximate surface area is 176 Å². The summed E-state index contributed by atoms with van der Waals surface area (Å²) in [6.07, 6.45) is 8.21. The van der Waals surface area contributed by atoms with Crippen molar-refractivity contribution in [1.82, 2.24) is 0 Å². The van der Waals surface area contributed by atoms with Crippen molar-refractivity contribution in [3.63, 3.8) is 0 Å². The van der Waals surface area contributed by atoms with Crippen molar-refractivity contribution < 1.29 is 20.1 Å². The number of fused-ring (bicyclic) bond motifs is 5. The largest absolute Gasteiger partial charge is 0.481 e. The second-order valence-electron chi connectivity index (χ2n) is 11.7. The molecule has 4 aliphatic carbocycles. The number of carboxylic acid groups (broad SMARTS) is 1. The van der Waals surface area contributed by atoms with E-state index in [0.717, 1.165) is 44.9 Å². The standard InChI is InChI=1S/C25H42O4/c1-5-16-20-13-15(26)8-10-25(20,4)19-9-11-24(3)17(14(2)12-21(27)28)6-7-18(24)22(19)23(16)29/h14-20,22-23,26,29H,5-13H2,1-4H3,(H,27,28)/t14-,15-,16-,17-,18+,19+,20+,22+,23-,24-,25-/m1/s1. The van der Waals surface area contributed by atoms with Crippen LogP contribution in [0.25, 0.3) is 0 Å². The molecule has 4 heteroatoms. The molecule has 4 fully saturated rings. The first-order valence-electron chi connectivity index (χ1n) is 12.2. The van der Waals surface area contributed by atoms with Crippen LogP contribution >= 0.6 is 0 Å². The van der Waals surface area contributed by atoms with Gasteiger partial charge in [-0.1, -0.05) is 34.1 Å². The molecule has 4 aliphatic rings. The Hall–Kier alpha value is -0.610. The minimum Gasteiger partial charge on any atom is -0.481 e. The van der Waals surface area contributed by atoms with E-state index in [4.69, 9.17) is 0 Å². The SMILES string of the molecule is CC[C@H]1[C@@H](O)[C@@H]2[C@H](CC[C@]3(C)[C@@H]([C@H](C)CC(=O)O)CC[C@@H]23)[C@@]2(C)CC[C@@H](O)C[C@@H]12. The van der Waals surface area contributed by atoms with Gasteiger partial charge in [0.1, 0.15) is 0 Å². The predicted octanol–water partition coefficient (Wildman–Crippen LogP) is 4.72. The van der Waals surface area contributed by atoms with Gasteiger partial charge in [0, 0.05) is 6.42 Å². The van der Waals surface area contributed by atoms with Gasteiger partial charge in [0.2, 0.25) is 0 Å². The van der Waals surface area contributed by atoms with E-state index in [2.05, 4.69) is 27.7 Å². The predicted molar refractivity (Wildman–Crippen MR) is 113 cm³/mol. The number of aliphatic carboxylic acids is 1. The number of hydrogen-bond acceptors (Lipinski definition) is 3. The smallest absolute Gasteiger partial charge is 0.303 e. The van der Waals surface area contributed by atoms with E-state index in [1.807, 2.05) is 0 Å². The molecule has 166 valence electrons. The van der Waals surface area contributed by atoms with E-state index in [0.29, 0.717) is 29.6 Å². The van der Waals surface area contributed by atoms with E-state index < -0.39 is 5.97 Å². The lowest BCUT2D eigenvalue weighted by Crippen LogP contribution is -2.62. The Morgan fingerprint density at radius 2 is 1.66 bits per heavy atom. The Kier molecular flexibility index (Phi) is 5.60. The third kappa shape index (κ3) is 3.19. The molecular weight excluding hydrogens is 364 g/mol. The normalized spacial score (nSPS) is 52.9. The molecular formula is C25H42O4. The summed E-state index contributed by atoms with van der Waals surface area (Å²) in [4.78, 5) is 11.4. The third-order valence-electron chi connectivity index (χ3n) is 10.6. The van der Waals surface area contributed by atoms with E-state index >= 15 is 0 Å². The van der Waals surface area contributed by atoms with E-state index in [9.17, 15) is 20.1 Å². The van der Waals surface area contributed by atoms with Gasteiger partial charge < -0.3 is 15.3 Å². The first-order chi connectivity index (χ1) is 13.6. The summed E-state index contributed by atoms with van der Waals surface area (Å²) in [5.41, 5.74) is 0.391. The maximum absolute atomic E-state index is 11.7. The zero-order valence-electron chi connectivity index (χ0n) is 18.8. The molecule has 29 heavy (non-hydrogen) atoms. The van der Waals surface area contributed by atoms with Gasteiger partial charge in [-0.3, -0.25) is 4.79 Å². The molecule has 3 N–H and O–H groups in total. The number of carbonyl (C=O) groups is 1. The van der Waals surface area contributed by atoms with Gasteiger partial charge >= 0.3 is 5.97 Å². The van der Waals surface area contributed by atoms with Crippen LogP contribution in [0, 0.1) is 52.3 Å². The summed E-state index contributed by atoms with van der Waals surface area (Å²) in [5.74, 6) is 2.09. The molecule has 0 amide bonds. The number of hydrogen-bond donors (Lipinski definition) is 3. The van der Waals surface area contributed by atoms with Gasteiger partial charge in [-0.25, -0.2) is 0 Å². The lowest BCUT2D eigenvalue weighted by atomic mass is 9.41. The summed E-state index contributed by atoms with van der Waals surface area (Å²) in [5, 5.41) is 31.4. The molecule has 0 aromatic rings. The fourth-order valence-electron chi connectivity index (χ4n) is 9.35. The highest BCUT2D eigenvalue weighted by molar-refractivity contribution is 5.67. The Morgan fingerprint density at radius 1 is 1.00 bits per heavy atom. The second kappa shape index (κ2) is 7.51. The number of aliphatic hydroxyl groups is 2. The van der Waals surface area contributed by atoms with Crippen molar-refractivity contribution in [3.8, 4) is 0 Å². The molecule has 4 saturated carbocycles. The monoisotopic (exact) mass is 406 g/mol. The Morgan fingerprint density at radius 3 is 2.31 bits per heavy atom. The van der Waals surface area contributed by atoms with Crippen LogP contribution < -0.4 is 0 Å². The fourth-order valence-corrected chi connectivity index (χ4v) is 9.35. The van der Waals surface area contributed by atoms with Crippen molar-refractivity contribution in [2.45, 2.75) is 97.7 Å². The topological polar surface area (TPSA) is 77.8 Å². The van der Waals surface area contributed by atoms with Crippen LogP contribution in [0.1, 0.15) is 85.5 Å². The summed E-state index contributed by atoms with van der Waals surface area (Å²) in [7, 11) is 0. The average molecular weight is 407 g/mol. The first kappa shape index (κ1) is 21.6. The van der Waals surface area contributed by atoms with Crippen LogP contribution in [-0.4, -0.2) is 33.5 Å². The Bertz CT molecular complexity index is 634. The van der Waals surface area contributed by atoms with Crippen LogP contribution in [0.5, 0.6) is 0 Å². The van der Waals surface area contributed by atoms with Gasteiger partial charge in [-0.05, 0) is 97.2 Å². The highest BCUT2D eigenvalue weighted by Gasteiger charge is 2.64. The van der Waals surface area contributed by atoms with Crippen LogP contribution in [0.15, 0.2) is 0 Å². The molecule has 4 rings (SSSR count). The lowest BCUT2D eigenvalue weighted by Gasteiger charge is -2.64. The molecule has 0 spiro atoms. The maximum Gasteiger partial charge on any atom is 0.303 e. The highest BCUT2D eigenvalue weighted by Crippen LogP contribution is 2.69. The summed E-state index contributed by atoms with van der Waals surface area (Å²) in [6.45, 7) is 9.23. The second-order valence-corrected chi connectivity index (χ2v) is 11.7. The minimum atomic E-state index is -0.682. The molecule has 0 radical (unpaired) electrons. The number of rotatable bonds is 4. The number of carboxylic acids is 1. The molecule has 4 nitrogen and oxygen atoms in total. The van der Waals surface area contributed by atoms with Crippen molar-refractivity contribution in [3.05, 3.63) is 0 Å². The molecule has 0 bridgehead atoms. The first-order valence-corrected chi connectivity index (χ1v) is 12.2. The summed E-state index contributed by atoms with van der Waals surface area (Å²) in [6, 6.07) is 0. The molecule has 0 unspecified atom stereocenters. The molecule has 11 atom stereocenters. The molecule has 0 aliphatic heterocycles. The van der Waals surface area contributed by atoms with Gasteiger partial charge in [-0.15, -0.1) is 0 Å². The van der Waals surface area contributed by atoms with Crippen molar-refractivity contribution in [2.24, 2.45) is 52.3 Å². The van der Waals surface area contributed by atoms with Crippen molar-refractivity contribution in [1.29, 1.82) is 0 Å². The average Bonchev–Trinajstić information content (AvgIpc) is 3.00.